The van der Waals surface area contributed by atoms with E-state index in [0.29, 0.717) is 23.3 Å². The number of aliphatic carboxylic acids is 1. The molecule has 5 aromatic rings. The first kappa shape index (κ1) is 34.5. The van der Waals surface area contributed by atoms with Gasteiger partial charge < -0.3 is 0 Å². The van der Waals surface area contributed by atoms with Crippen LogP contribution in [-0.2, 0) is 23.6 Å². The second-order valence-electron chi connectivity index (χ2n) is 10.7. The summed E-state index contributed by atoms with van der Waals surface area (Å²) in [6.45, 7) is 3.32. The summed E-state index contributed by atoms with van der Waals surface area (Å²) in [6, 6.07) is 23.4. The van der Waals surface area contributed by atoms with E-state index < -0.39 is 36.1 Å². The Morgan fingerprint density at radius 1 is 0.809 bits per heavy atom. The van der Waals surface area contributed by atoms with Gasteiger partial charge in [-0.15, -0.1) is 0 Å². The minimum atomic E-state index is -4.43. The Morgan fingerprint density at radius 2 is 1.34 bits per heavy atom. The average Bonchev–Trinajstić information content (AvgIpc) is 3.41. The number of carbonyl (C=O) groups is 1. The Bertz CT molecular complexity index is 1850. The van der Waals surface area contributed by atoms with Crippen LogP contribution in [0.4, 0.5) is 26.3 Å². The first-order valence-electron chi connectivity index (χ1n) is 14.2. The first-order chi connectivity index (χ1) is 22.2. The molecule has 4 aromatic carbocycles. The molecule has 1 aromatic heterocycles. The van der Waals surface area contributed by atoms with E-state index in [-0.39, 0.29) is 34.3 Å². The summed E-state index contributed by atoms with van der Waals surface area (Å²) in [4.78, 5) is 15.8. The van der Waals surface area contributed by atoms with Crippen LogP contribution in [0.5, 0.6) is 5.75 Å². The molecule has 0 fully saturated rings. The van der Waals surface area contributed by atoms with E-state index >= 15 is 0 Å². The van der Waals surface area contributed by atoms with Crippen molar-refractivity contribution < 1.29 is 41.0 Å². The Morgan fingerprint density at radius 3 is 1.85 bits per heavy atom. The number of nitrogens with zero attached hydrogens (tertiary/aromatic N) is 1. The number of rotatable bonds is 10. The number of hydrogen-bond donors (Lipinski definition) is 1. The van der Waals surface area contributed by atoms with Gasteiger partial charge in [0.2, 0.25) is 0 Å². The van der Waals surface area contributed by atoms with Crippen molar-refractivity contribution in [1.29, 1.82) is 0 Å². The Balaban J connectivity index is 1.43. The monoisotopic (exact) mass is 783 g/mol. The van der Waals surface area contributed by atoms with E-state index in [0.717, 1.165) is 60.1 Å². The second-order valence-corrected chi connectivity index (χ2v) is 15.6. The van der Waals surface area contributed by atoms with Gasteiger partial charge in [-0.1, -0.05) is 0 Å². The molecule has 0 saturated heterocycles. The van der Waals surface area contributed by atoms with Crippen molar-refractivity contribution in [2.75, 3.05) is 6.61 Å². The normalized spacial score (nSPS) is 12.6. The van der Waals surface area contributed by atoms with Gasteiger partial charge in [0.15, 0.2) is 0 Å². The number of carboxylic acid groups (broad SMARTS) is 1. The van der Waals surface area contributed by atoms with E-state index in [1.807, 2.05) is 50.2 Å². The number of aryl methyl sites for hydroxylation is 2. The number of carboxylic acids is 1. The molecule has 0 aliphatic heterocycles. The van der Waals surface area contributed by atoms with Gasteiger partial charge in [-0.25, -0.2) is 0 Å². The molecule has 0 amide bonds. The molecule has 0 aliphatic rings. The van der Waals surface area contributed by atoms with E-state index in [2.05, 4.69) is 0 Å². The van der Waals surface area contributed by atoms with Gasteiger partial charge in [0.1, 0.15) is 0 Å². The van der Waals surface area contributed by atoms with Crippen LogP contribution in [0.3, 0.4) is 0 Å². The van der Waals surface area contributed by atoms with E-state index in [1.54, 1.807) is 6.07 Å². The molecule has 0 saturated carbocycles. The SMILES string of the molecule is Cc1cc([Se]C(Cc2ccc(-c3ccc(C(F)(F)F)cc3)cc2)c2[se]c(-c3ccc(C(F)(F)F)cc3)nc2C)ccc1OCC(=O)O. The molecule has 244 valence electrons. The van der Waals surface area contributed by atoms with Crippen molar-refractivity contribution in [3.63, 3.8) is 0 Å². The van der Waals surface area contributed by atoms with Crippen molar-refractivity contribution in [2.24, 2.45) is 0 Å². The van der Waals surface area contributed by atoms with E-state index in [9.17, 15) is 31.1 Å². The fourth-order valence-corrected chi connectivity index (χ4v) is 10.8. The van der Waals surface area contributed by atoms with Crippen LogP contribution < -0.4 is 9.20 Å². The van der Waals surface area contributed by atoms with Gasteiger partial charge in [0.25, 0.3) is 0 Å². The molecule has 12 heteroatoms. The molecule has 4 nitrogen and oxygen atoms in total. The van der Waals surface area contributed by atoms with Crippen LogP contribution in [0.15, 0.2) is 91.0 Å². The molecule has 1 atom stereocenters. The van der Waals surface area contributed by atoms with E-state index in [4.69, 9.17) is 14.8 Å². The Labute approximate surface area is 279 Å². The van der Waals surface area contributed by atoms with Crippen LogP contribution in [0.2, 0.25) is 0 Å². The summed E-state index contributed by atoms with van der Waals surface area (Å²) in [6.07, 6.45) is -8.19. The fraction of sp³-hybridized carbons (Fsp3) is 0.200. The standard InChI is InChI=1S/C35H27F6NO3Se2/c1-20-17-28(15-16-29(20)45-19-31(43)44)46-30(32-21(2)42-33(47-32)25-9-13-27(14-10-25)35(39,40)41)18-22-3-5-23(6-4-22)24-7-11-26(12-8-24)34(36,37)38/h3-17,30H,18-19H2,1-2H3,(H,43,44). The maximum atomic E-state index is 13.1. The molecular formula is C35H27F6NO3Se2. The molecule has 0 bridgehead atoms. The molecule has 0 spiro atoms. The third-order valence-corrected chi connectivity index (χ3v) is 13.4. The number of ether oxygens (including phenoxy) is 1. The number of aromatic nitrogens is 1. The molecular weight excluding hydrogens is 754 g/mol. The molecule has 47 heavy (non-hydrogen) atoms. The summed E-state index contributed by atoms with van der Waals surface area (Å²) in [7, 11) is 0. The second kappa shape index (κ2) is 14.1. The van der Waals surface area contributed by atoms with Crippen LogP contribution in [0.25, 0.3) is 21.3 Å². The molecule has 1 heterocycles. The van der Waals surface area contributed by atoms with Gasteiger partial charge in [0, 0.05) is 0 Å². The van der Waals surface area contributed by atoms with Crippen molar-refractivity contribution >= 4 is 39.9 Å². The summed E-state index contributed by atoms with van der Waals surface area (Å²) in [5.74, 6) is -0.590. The van der Waals surface area contributed by atoms with Crippen molar-refractivity contribution in [3.8, 4) is 27.0 Å². The van der Waals surface area contributed by atoms with Crippen molar-refractivity contribution in [2.45, 2.75) is 37.4 Å². The third kappa shape index (κ3) is 8.76. The number of halogens is 6. The number of benzene rings is 4. The molecule has 1 N–H and O–H groups in total. The third-order valence-electron chi connectivity index (χ3n) is 7.28. The summed E-state index contributed by atoms with van der Waals surface area (Å²) in [5, 5.41) is 8.97. The van der Waals surface area contributed by atoms with E-state index in [1.165, 1.54) is 24.3 Å². The summed E-state index contributed by atoms with van der Waals surface area (Å²) < 4.78 is 86.8. The summed E-state index contributed by atoms with van der Waals surface area (Å²) in [5.41, 5.74) is 3.33. The molecule has 0 radical (unpaired) electrons. The molecule has 1 unspecified atom stereocenters. The van der Waals surface area contributed by atoms with Gasteiger partial charge in [0.05, 0.1) is 0 Å². The Hall–Kier alpha value is -3.82. The predicted octanol–water partition coefficient (Wildman–Crippen LogP) is 7.90. The Kier molecular flexibility index (Phi) is 10.4. The predicted molar refractivity (Wildman–Crippen MR) is 169 cm³/mol. The van der Waals surface area contributed by atoms with Crippen LogP contribution in [0.1, 0.15) is 37.2 Å². The quantitative estimate of drug-likeness (QED) is 0.116. The zero-order valence-corrected chi connectivity index (χ0v) is 28.4. The van der Waals surface area contributed by atoms with Crippen molar-refractivity contribution in [1.82, 2.24) is 4.98 Å². The molecule has 0 aliphatic carbocycles. The average molecular weight is 782 g/mol. The zero-order valence-electron chi connectivity index (χ0n) is 24.9. The van der Waals surface area contributed by atoms with Gasteiger partial charge in [-0.3, -0.25) is 0 Å². The van der Waals surface area contributed by atoms with Crippen LogP contribution in [-0.4, -0.2) is 52.1 Å². The number of hydrogen-bond acceptors (Lipinski definition) is 3. The number of alkyl halides is 6. The van der Waals surface area contributed by atoms with Gasteiger partial charge >= 0.3 is 280 Å². The van der Waals surface area contributed by atoms with Crippen LogP contribution in [0, 0.1) is 13.8 Å². The fourth-order valence-electron chi connectivity index (χ4n) is 4.88. The van der Waals surface area contributed by atoms with Gasteiger partial charge in [-0.2, -0.15) is 0 Å². The zero-order chi connectivity index (χ0) is 33.9. The topological polar surface area (TPSA) is 59.4 Å². The minimum absolute atomic E-state index is 0.0419. The summed E-state index contributed by atoms with van der Waals surface area (Å²) >= 11 is -0.359. The maximum absolute atomic E-state index is 13.1. The molecule has 5 rings (SSSR count). The first-order valence-corrected chi connectivity index (χ1v) is 17.8. The van der Waals surface area contributed by atoms with Gasteiger partial charge in [-0.05, 0) is 0 Å². The van der Waals surface area contributed by atoms with Crippen LogP contribution >= 0.6 is 0 Å². The van der Waals surface area contributed by atoms with Crippen molar-refractivity contribution in [3.05, 3.63) is 123 Å².